The van der Waals surface area contributed by atoms with Gasteiger partial charge in [-0.1, -0.05) is 12.1 Å². The average molecular weight is 322 g/mol. The Morgan fingerprint density at radius 1 is 1.13 bits per heavy atom. The zero-order valence-corrected chi connectivity index (χ0v) is 14.3. The number of hydrogen-bond donors (Lipinski definition) is 0. The maximum atomic E-state index is 6.01. The third-order valence-electron chi connectivity index (χ3n) is 4.20. The Kier molecular flexibility index (Phi) is 3.34. The molecule has 3 nitrogen and oxygen atoms in total. The number of nitrogens with zero attached hydrogens (tertiary/aromatic N) is 2. The fourth-order valence-electron chi connectivity index (χ4n) is 3.15. The normalized spacial score (nSPS) is 13.1. The summed E-state index contributed by atoms with van der Waals surface area (Å²) >= 11 is 1.77. The van der Waals surface area contributed by atoms with E-state index in [-0.39, 0.29) is 0 Å². The lowest BCUT2D eigenvalue weighted by Crippen LogP contribution is -2.10. The van der Waals surface area contributed by atoms with Gasteiger partial charge in [-0.05, 0) is 48.4 Å². The summed E-state index contributed by atoms with van der Waals surface area (Å²) in [6.07, 6.45) is 0.962. The largest absolute Gasteiger partial charge is 0.457 e. The van der Waals surface area contributed by atoms with Crippen LogP contribution in [0.15, 0.2) is 47.5 Å². The molecule has 0 atom stereocenters. The topological polar surface area (TPSA) is 26.5 Å². The Hall–Kier alpha value is -2.33. The Labute approximate surface area is 139 Å². The van der Waals surface area contributed by atoms with Crippen molar-refractivity contribution in [2.75, 3.05) is 7.05 Å². The summed E-state index contributed by atoms with van der Waals surface area (Å²) in [4.78, 5) is 6.80. The minimum Gasteiger partial charge on any atom is -0.457 e. The van der Waals surface area contributed by atoms with Crippen molar-refractivity contribution in [2.45, 2.75) is 13.3 Å². The van der Waals surface area contributed by atoms with Crippen LogP contribution in [0.2, 0.25) is 0 Å². The molecule has 0 saturated heterocycles. The maximum absolute atomic E-state index is 6.01. The highest BCUT2D eigenvalue weighted by atomic mass is 32.1. The number of aromatic nitrogens is 1. The van der Waals surface area contributed by atoms with E-state index < -0.39 is 0 Å². The minimum absolute atomic E-state index is 0.885. The summed E-state index contributed by atoms with van der Waals surface area (Å²) in [7, 11) is 3.94. The Morgan fingerprint density at radius 3 is 2.74 bits per heavy atom. The molecular weight excluding hydrogens is 304 g/mol. The first-order valence-electron chi connectivity index (χ1n) is 7.65. The van der Waals surface area contributed by atoms with Crippen LogP contribution < -0.4 is 9.54 Å². The molecule has 1 aliphatic rings. The molecule has 0 fully saturated rings. The van der Waals surface area contributed by atoms with Crippen LogP contribution in [0.1, 0.15) is 16.0 Å². The zero-order valence-electron chi connectivity index (χ0n) is 13.5. The van der Waals surface area contributed by atoms with Gasteiger partial charge in [0.05, 0.1) is 5.69 Å². The number of aryl methyl sites for hydroxylation is 1. The van der Waals surface area contributed by atoms with E-state index >= 15 is 0 Å². The predicted octanol–water partition coefficient (Wildman–Crippen LogP) is 4.29. The highest BCUT2D eigenvalue weighted by molar-refractivity contribution is 7.09. The molecule has 0 N–H and O–H groups in total. The smallest absolute Gasteiger partial charge is 0.184 e. The van der Waals surface area contributed by atoms with E-state index in [1.807, 2.05) is 19.2 Å². The highest BCUT2D eigenvalue weighted by Crippen LogP contribution is 2.40. The van der Waals surface area contributed by atoms with Crippen LogP contribution in [-0.4, -0.2) is 11.6 Å². The van der Waals surface area contributed by atoms with Gasteiger partial charge in [0.15, 0.2) is 4.80 Å². The van der Waals surface area contributed by atoms with Gasteiger partial charge in [-0.15, -0.1) is 11.3 Å². The van der Waals surface area contributed by atoms with E-state index in [4.69, 9.17) is 4.74 Å². The van der Waals surface area contributed by atoms with Gasteiger partial charge in [0.2, 0.25) is 0 Å². The zero-order chi connectivity index (χ0) is 16.0. The molecule has 0 unspecified atom stereocenters. The average Bonchev–Trinajstić information content (AvgIpc) is 3.03. The molecule has 1 heterocycles. The Morgan fingerprint density at radius 2 is 1.96 bits per heavy atom. The molecule has 1 aromatic heterocycles. The SMILES string of the molecule is CN=c1sc2c(n1C)-c1ccc(Oc3cccc(C)c3)cc1C2. The summed E-state index contributed by atoms with van der Waals surface area (Å²) in [6.45, 7) is 2.07. The molecule has 1 aliphatic carbocycles. The van der Waals surface area contributed by atoms with Crippen molar-refractivity contribution in [3.63, 3.8) is 0 Å². The number of ether oxygens (including phenoxy) is 1. The lowest BCUT2D eigenvalue weighted by atomic mass is 10.1. The fraction of sp³-hybridized carbons (Fsp3) is 0.211. The first-order valence-corrected chi connectivity index (χ1v) is 8.46. The van der Waals surface area contributed by atoms with Gasteiger partial charge in [0.25, 0.3) is 0 Å². The van der Waals surface area contributed by atoms with Crippen molar-refractivity contribution in [3.05, 3.63) is 63.3 Å². The number of thiazole rings is 1. The number of hydrogen-bond acceptors (Lipinski definition) is 3. The Bertz CT molecular complexity index is 966. The van der Waals surface area contributed by atoms with Crippen LogP contribution in [-0.2, 0) is 13.5 Å². The maximum Gasteiger partial charge on any atom is 0.184 e. The summed E-state index contributed by atoms with van der Waals surface area (Å²) in [5, 5.41) is 0. The number of benzene rings is 2. The monoisotopic (exact) mass is 322 g/mol. The van der Waals surface area contributed by atoms with Gasteiger partial charge in [0.1, 0.15) is 11.5 Å². The van der Waals surface area contributed by atoms with Gasteiger partial charge < -0.3 is 9.30 Å². The van der Waals surface area contributed by atoms with Crippen LogP contribution in [0.3, 0.4) is 0 Å². The van der Waals surface area contributed by atoms with E-state index in [0.717, 1.165) is 22.7 Å². The second-order valence-electron chi connectivity index (χ2n) is 5.85. The predicted molar refractivity (Wildman–Crippen MR) is 94.3 cm³/mol. The van der Waals surface area contributed by atoms with Crippen molar-refractivity contribution in [1.29, 1.82) is 0 Å². The van der Waals surface area contributed by atoms with Gasteiger partial charge >= 0.3 is 0 Å². The molecule has 4 rings (SSSR count). The molecule has 0 saturated carbocycles. The summed E-state index contributed by atoms with van der Waals surface area (Å²) in [5.41, 5.74) is 5.13. The van der Waals surface area contributed by atoms with Crippen molar-refractivity contribution in [2.24, 2.45) is 12.0 Å². The summed E-state index contributed by atoms with van der Waals surface area (Å²) in [6, 6.07) is 14.5. The third kappa shape index (κ3) is 2.39. The van der Waals surface area contributed by atoms with Gasteiger partial charge in [0, 0.05) is 31.0 Å². The van der Waals surface area contributed by atoms with E-state index in [2.05, 4.69) is 53.9 Å². The molecule has 0 aliphatic heterocycles. The van der Waals surface area contributed by atoms with E-state index in [9.17, 15) is 0 Å². The van der Waals surface area contributed by atoms with E-state index in [1.54, 1.807) is 11.3 Å². The molecule has 116 valence electrons. The minimum atomic E-state index is 0.885. The lowest BCUT2D eigenvalue weighted by molar-refractivity contribution is 0.482. The molecule has 0 radical (unpaired) electrons. The van der Waals surface area contributed by atoms with Crippen LogP contribution in [0.25, 0.3) is 11.3 Å². The first-order chi connectivity index (χ1) is 11.2. The first kappa shape index (κ1) is 14.3. The standard InChI is InChI=1S/C19H18N2OS/c1-12-5-4-6-14(9-12)22-15-7-8-16-13(10-15)11-17-18(16)21(3)19(20-2)23-17/h4-10H,11H2,1-3H3. The van der Waals surface area contributed by atoms with Gasteiger partial charge in [-0.25, -0.2) is 0 Å². The molecule has 0 spiro atoms. The van der Waals surface area contributed by atoms with Crippen molar-refractivity contribution < 1.29 is 4.74 Å². The van der Waals surface area contributed by atoms with Crippen LogP contribution in [0, 0.1) is 6.92 Å². The van der Waals surface area contributed by atoms with Crippen molar-refractivity contribution in [3.8, 4) is 22.8 Å². The second-order valence-corrected chi connectivity index (χ2v) is 6.92. The number of rotatable bonds is 2. The number of fused-ring (bicyclic) bond motifs is 3. The van der Waals surface area contributed by atoms with Crippen LogP contribution >= 0.6 is 11.3 Å². The van der Waals surface area contributed by atoms with E-state index in [1.165, 1.54) is 27.3 Å². The lowest BCUT2D eigenvalue weighted by Gasteiger charge is -2.09. The molecule has 4 heteroatoms. The van der Waals surface area contributed by atoms with E-state index in [0.29, 0.717) is 0 Å². The van der Waals surface area contributed by atoms with Crippen molar-refractivity contribution >= 4 is 11.3 Å². The molecule has 2 aromatic carbocycles. The third-order valence-corrected chi connectivity index (χ3v) is 5.42. The molecular formula is C19H18N2OS. The molecule has 0 amide bonds. The quantitative estimate of drug-likeness (QED) is 0.541. The van der Waals surface area contributed by atoms with Crippen LogP contribution in [0.4, 0.5) is 0 Å². The molecule has 0 bridgehead atoms. The van der Waals surface area contributed by atoms with Gasteiger partial charge in [-0.3, -0.25) is 4.99 Å². The van der Waals surface area contributed by atoms with Crippen LogP contribution in [0.5, 0.6) is 11.5 Å². The molecule has 23 heavy (non-hydrogen) atoms. The Balaban J connectivity index is 1.70. The fourth-order valence-corrected chi connectivity index (χ4v) is 4.27. The summed E-state index contributed by atoms with van der Waals surface area (Å²) in [5.74, 6) is 1.78. The van der Waals surface area contributed by atoms with Gasteiger partial charge in [-0.2, -0.15) is 0 Å². The highest BCUT2D eigenvalue weighted by Gasteiger charge is 2.24. The summed E-state index contributed by atoms with van der Waals surface area (Å²) < 4.78 is 8.20. The molecule has 3 aromatic rings. The second kappa shape index (κ2) is 5.39. The van der Waals surface area contributed by atoms with Crippen molar-refractivity contribution in [1.82, 2.24) is 4.57 Å².